The lowest BCUT2D eigenvalue weighted by molar-refractivity contribution is 0.189. The Morgan fingerprint density at radius 3 is 2.67 bits per heavy atom. The maximum atomic E-state index is 9.77. The monoisotopic (exact) mass is 228 g/mol. The fraction of sp³-hybridized carbons (Fsp3) is 0.846. The van der Waals surface area contributed by atoms with Crippen LogP contribution in [-0.4, -0.2) is 22.2 Å². The molecule has 0 radical (unpaired) electrons. The highest BCUT2D eigenvalue weighted by Gasteiger charge is 2.15. The number of aliphatic hydroxyl groups excluding tert-OH is 1. The molecule has 15 heavy (non-hydrogen) atoms. The van der Waals surface area contributed by atoms with E-state index in [4.69, 9.17) is 0 Å². The summed E-state index contributed by atoms with van der Waals surface area (Å²) < 4.78 is 0. The first-order valence-corrected chi connectivity index (χ1v) is 7.17. The maximum Gasteiger partial charge on any atom is 0.0633 e. The van der Waals surface area contributed by atoms with Crippen molar-refractivity contribution in [2.75, 3.05) is 5.75 Å². The molecule has 1 fully saturated rings. The van der Waals surface area contributed by atoms with E-state index in [0.717, 1.165) is 23.8 Å². The highest BCUT2D eigenvalue weighted by atomic mass is 32.2. The zero-order chi connectivity index (χ0) is 11.1. The number of allylic oxidation sites excluding steroid dienone is 1. The fourth-order valence-electron chi connectivity index (χ4n) is 1.98. The minimum absolute atomic E-state index is 0.131. The van der Waals surface area contributed by atoms with E-state index in [-0.39, 0.29) is 6.10 Å². The summed E-state index contributed by atoms with van der Waals surface area (Å²) in [6.07, 6.45) is 8.62. The van der Waals surface area contributed by atoms with Crippen molar-refractivity contribution in [2.45, 2.75) is 63.2 Å². The van der Waals surface area contributed by atoms with Gasteiger partial charge >= 0.3 is 0 Å². The Balaban J connectivity index is 2.04. The summed E-state index contributed by atoms with van der Waals surface area (Å²) in [7, 11) is 0. The topological polar surface area (TPSA) is 20.2 Å². The molecule has 0 bridgehead atoms. The summed E-state index contributed by atoms with van der Waals surface area (Å²) in [4.78, 5) is 0. The van der Waals surface area contributed by atoms with E-state index in [9.17, 15) is 5.11 Å². The van der Waals surface area contributed by atoms with Crippen molar-refractivity contribution >= 4 is 11.8 Å². The summed E-state index contributed by atoms with van der Waals surface area (Å²) in [5.41, 5.74) is 1.18. The van der Waals surface area contributed by atoms with Gasteiger partial charge in [0, 0.05) is 11.0 Å². The third-order valence-corrected chi connectivity index (χ3v) is 4.50. The summed E-state index contributed by atoms with van der Waals surface area (Å²) in [5.74, 6) is 0.915. The summed E-state index contributed by atoms with van der Waals surface area (Å²) in [6, 6.07) is 0. The second-order valence-corrected chi connectivity index (χ2v) is 6.08. The van der Waals surface area contributed by atoms with Crippen molar-refractivity contribution in [3.63, 3.8) is 0 Å². The number of hydrogen-bond acceptors (Lipinski definition) is 2. The van der Waals surface area contributed by atoms with Gasteiger partial charge in [-0.1, -0.05) is 24.8 Å². The highest BCUT2D eigenvalue weighted by molar-refractivity contribution is 7.99. The first-order chi connectivity index (χ1) is 7.18. The second-order valence-electron chi connectivity index (χ2n) is 4.74. The standard InChI is InChI=1S/C13H24OS/c1-11(2)8-9-12(14)10-15-13-6-4-3-5-7-13/h12-14H,1,3-10H2,2H3. The lowest BCUT2D eigenvalue weighted by Crippen LogP contribution is -2.15. The van der Waals surface area contributed by atoms with Crippen LogP contribution in [0.3, 0.4) is 0 Å². The Hall–Kier alpha value is 0.0500. The summed E-state index contributed by atoms with van der Waals surface area (Å²) >= 11 is 1.98. The fourth-order valence-corrected chi connectivity index (χ4v) is 3.30. The van der Waals surface area contributed by atoms with Crippen LogP contribution in [-0.2, 0) is 0 Å². The van der Waals surface area contributed by atoms with E-state index in [1.807, 2.05) is 18.7 Å². The molecule has 1 N–H and O–H groups in total. The molecular formula is C13H24OS. The first kappa shape index (κ1) is 13.1. The molecule has 0 aromatic carbocycles. The molecule has 0 aromatic heterocycles. The molecule has 0 saturated heterocycles. The van der Waals surface area contributed by atoms with Gasteiger partial charge in [-0.15, -0.1) is 6.58 Å². The molecule has 1 rings (SSSR count). The Labute approximate surface area is 98.3 Å². The molecule has 2 heteroatoms. The van der Waals surface area contributed by atoms with Gasteiger partial charge in [0.15, 0.2) is 0 Å². The minimum Gasteiger partial charge on any atom is -0.392 e. The lowest BCUT2D eigenvalue weighted by atomic mass is 10.0. The molecular weight excluding hydrogens is 204 g/mol. The van der Waals surface area contributed by atoms with Gasteiger partial charge in [0.2, 0.25) is 0 Å². The van der Waals surface area contributed by atoms with Gasteiger partial charge in [-0.2, -0.15) is 11.8 Å². The zero-order valence-electron chi connectivity index (χ0n) is 9.87. The molecule has 0 aliphatic heterocycles. The molecule has 88 valence electrons. The van der Waals surface area contributed by atoms with Crippen molar-refractivity contribution < 1.29 is 5.11 Å². The van der Waals surface area contributed by atoms with Crippen molar-refractivity contribution in [3.8, 4) is 0 Å². The Morgan fingerprint density at radius 2 is 2.07 bits per heavy atom. The molecule has 0 spiro atoms. The van der Waals surface area contributed by atoms with E-state index in [1.165, 1.54) is 37.7 Å². The second kappa shape index (κ2) is 7.34. The van der Waals surface area contributed by atoms with Crippen LogP contribution in [0.4, 0.5) is 0 Å². The molecule has 1 saturated carbocycles. The zero-order valence-corrected chi connectivity index (χ0v) is 10.7. The van der Waals surface area contributed by atoms with Gasteiger partial charge in [-0.3, -0.25) is 0 Å². The quantitative estimate of drug-likeness (QED) is 0.698. The Morgan fingerprint density at radius 1 is 1.40 bits per heavy atom. The van der Waals surface area contributed by atoms with Gasteiger partial charge in [0.05, 0.1) is 6.10 Å². The smallest absolute Gasteiger partial charge is 0.0633 e. The van der Waals surface area contributed by atoms with E-state index in [2.05, 4.69) is 6.58 Å². The molecule has 1 unspecified atom stereocenters. The molecule has 0 aromatic rings. The molecule has 0 heterocycles. The van der Waals surface area contributed by atoms with Crippen LogP contribution in [0, 0.1) is 0 Å². The van der Waals surface area contributed by atoms with Gasteiger partial charge in [-0.25, -0.2) is 0 Å². The molecule has 1 atom stereocenters. The molecule has 0 amide bonds. The highest BCUT2D eigenvalue weighted by Crippen LogP contribution is 2.29. The number of aliphatic hydroxyl groups is 1. The first-order valence-electron chi connectivity index (χ1n) is 6.12. The SMILES string of the molecule is C=C(C)CCC(O)CSC1CCCCC1. The largest absolute Gasteiger partial charge is 0.392 e. The molecule has 1 nitrogen and oxygen atoms in total. The average Bonchev–Trinajstić information content (AvgIpc) is 2.25. The van der Waals surface area contributed by atoms with Gasteiger partial charge < -0.3 is 5.11 Å². The van der Waals surface area contributed by atoms with Crippen LogP contribution in [0.2, 0.25) is 0 Å². The van der Waals surface area contributed by atoms with Crippen LogP contribution in [0.1, 0.15) is 51.9 Å². The van der Waals surface area contributed by atoms with Gasteiger partial charge in [0.25, 0.3) is 0 Å². The Kier molecular flexibility index (Phi) is 6.42. The van der Waals surface area contributed by atoms with Crippen molar-refractivity contribution in [3.05, 3.63) is 12.2 Å². The number of hydrogen-bond donors (Lipinski definition) is 1. The van der Waals surface area contributed by atoms with Crippen LogP contribution < -0.4 is 0 Å². The summed E-state index contributed by atoms with van der Waals surface area (Å²) in [5, 5.41) is 10.6. The third-order valence-electron chi connectivity index (χ3n) is 2.98. The maximum absolute atomic E-state index is 9.77. The third kappa shape index (κ3) is 6.26. The number of rotatable bonds is 6. The average molecular weight is 228 g/mol. The van der Waals surface area contributed by atoms with E-state index in [1.54, 1.807) is 0 Å². The normalized spacial score (nSPS) is 20.1. The molecule has 1 aliphatic rings. The van der Waals surface area contributed by atoms with Crippen LogP contribution in [0.15, 0.2) is 12.2 Å². The predicted octanol–water partition coefficient (Wildman–Crippen LogP) is 3.77. The lowest BCUT2D eigenvalue weighted by Gasteiger charge is -2.22. The Bertz CT molecular complexity index is 185. The van der Waals surface area contributed by atoms with E-state index < -0.39 is 0 Å². The number of thioether (sulfide) groups is 1. The van der Waals surface area contributed by atoms with Crippen molar-refractivity contribution in [1.82, 2.24) is 0 Å². The minimum atomic E-state index is -0.131. The van der Waals surface area contributed by atoms with Gasteiger partial charge in [0.1, 0.15) is 0 Å². The van der Waals surface area contributed by atoms with Gasteiger partial charge in [-0.05, 0) is 32.6 Å². The molecule has 1 aliphatic carbocycles. The van der Waals surface area contributed by atoms with Crippen molar-refractivity contribution in [2.24, 2.45) is 0 Å². The van der Waals surface area contributed by atoms with Crippen LogP contribution in [0.5, 0.6) is 0 Å². The summed E-state index contributed by atoms with van der Waals surface area (Å²) in [6.45, 7) is 5.89. The van der Waals surface area contributed by atoms with Crippen LogP contribution in [0.25, 0.3) is 0 Å². The van der Waals surface area contributed by atoms with Crippen molar-refractivity contribution in [1.29, 1.82) is 0 Å². The van der Waals surface area contributed by atoms with Crippen LogP contribution >= 0.6 is 11.8 Å². The van der Waals surface area contributed by atoms with E-state index >= 15 is 0 Å². The predicted molar refractivity (Wildman–Crippen MR) is 69.4 cm³/mol. The van der Waals surface area contributed by atoms with E-state index in [0.29, 0.717) is 0 Å².